The van der Waals surface area contributed by atoms with E-state index in [9.17, 15) is 9.90 Å². The maximum absolute atomic E-state index is 11.2. The molecule has 6 nitrogen and oxygen atoms in total. The average Bonchev–Trinajstić information content (AvgIpc) is 2.72. The fraction of sp³-hybridized carbons (Fsp3) is 0.286. The number of carboxylic acid groups (broad SMARTS) is 1. The van der Waals surface area contributed by atoms with Crippen LogP contribution in [0.25, 0.3) is 0 Å². The van der Waals surface area contributed by atoms with Gasteiger partial charge in [0.2, 0.25) is 0 Å². The molecular weight excluding hydrogens is 338 g/mol. The van der Waals surface area contributed by atoms with E-state index in [1.165, 1.54) is 6.07 Å². The minimum Gasteiger partial charge on any atom is -0.486 e. The molecule has 0 aliphatic carbocycles. The Balaban J connectivity index is 2.27. The van der Waals surface area contributed by atoms with Crippen LogP contribution in [-0.2, 0) is 13.2 Å². The van der Waals surface area contributed by atoms with Crippen LogP contribution in [0.15, 0.2) is 22.7 Å². The first-order chi connectivity index (χ1) is 9.93. The molecule has 2 rings (SSSR count). The average molecular weight is 354 g/mol. The van der Waals surface area contributed by atoms with Crippen LogP contribution in [0.1, 0.15) is 28.7 Å². The largest absolute Gasteiger partial charge is 0.486 e. The van der Waals surface area contributed by atoms with Crippen molar-refractivity contribution >= 4 is 27.6 Å². The van der Waals surface area contributed by atoms with Gasteiger partial charge in [0.25, 0.3) is 0 Å². The molecule has 7 heteroatoms. The molecule has 1 aromatic carbocycles. The van der Waals surface area contributed by atoms with Gasteiger partial charge >= 0.3 is 5.97 Å². The summed E-state index contributed by atoms with van der Waals surface area (Å²) in [5.74, 6) is -0.790. The van der Waals surface area contributed by atoms with E-state index in [-0.39, 0.29) is 17.9 Å². The Morgan fingerprint density at radius 2 is 2.24 bits per heavy atom. The van der Waals surface area contributed by atoms with Crippen molar-refractivity contribution < 1.29 is 14.6 Å². The molecule has 112 valence electrons. The molecular formula is C14H16BrN3O3. The Morgan fingerprint density at radius 1 is 1.52 bits per heavy atom. The molecule has 3 N–H and O–H groups in total. The van der Waals surface area contributed by atoms with E-state index < -0.39 is 5.97 Å². The number of hydrogen-bond donors (Lipinski definition) is 2. The lowest BCUT2D eigenvalue weighted by Gasteiger charge is -2.11. The number of ether oxygens (including phenoxy) is 1. The minimum atomic E-state index is -1.07. The first-order valence-corrected chi connectivity index (χ1v) is 7.20. The van der Waals surface area contributed by atoms with Gasteiger partial charge in [-0.3, -0.25) is 4.68 Å². The summed E-state index contributed by atoms with van der Waals surface area (Å²) >= 11 is 3.47. The van der Waals surface area contributed by atoms with E-state index >= 15 is 0 Å². The second-order valence-corrected chi connectivity index (χ2v) is 5.30. The summed E-state index contributed by atoms with van der Waals surface area (Å²) in [4.78, 5) is 11.2. The number of benzene rings is 1. The number of nitrogens with zero attached hydrogens (tertiary/aromatic N) is 2. The molecule has 0 spiro atoms. The van der Waals surface area contributed by atoms with Gasteiger partial charge in [0, 0.05) is 12.2 Å². The molecule has 0 aliphatic rings. The highest BCUT2D eigenvalue weighted by atomic mass is 79.9. The number of rotatable bonds is 5. The molecule has 0 bridgehead atoms. The van der Waals surface area contributed by atoms with Crippen molar-refractivity contribution in [3.8, 4) is 5.75 Å². The van der Waals surface area contributed by atoms with Crippen LogP contribution in [0.5, 0.6) is 5.75 Å². The number of carbonyl (C=O) groups is 1. The summed E-state index contributed by atoms with van der Waals surface area (Å²) in [7, 11) is 0. The summed E-state index contributed by atoms with van der Waals surface area (Å²) < 4.78 is 8.34. The Morgan fingerprint density at radius 3 is 2.86 bits per heavy atom. The van der Waals surface area contributed by atoms with E-state index in [1.54, 1.807) is 12.1 Å². The van der Waals surface area contributed by atoms with Gasteiger partial charge in [0.15, 0.2) is 0 Å². The Hall–Kier alpha value is -2.02. The molecule has 0 amide bonds. The first-order valence-electron chi connectivity index (χ1n) is 6.41. The number of nitrogens with two attached hydrogens (primary N) is 1. The van der Waals surface area contributed by atoms with Gasteiger partial charge in [-0.2, -0.15) is 5.10 Å². The van der Waals surface area contributed by atoms with Crippen molar-refractivity contribution in [3.63, 3.8) is 0 Å². The number of carboxylic acids is 1. The van der Waals surface area contributed by atoms with E-state index in [2.05, 4.69) is 21.0 Å². The van der Waals surface area contributed by atoms with Crippen molar-refractivity contribution in [1.82, 2.24) is 9.78 Å². The SMILES string of the molecule is CCn1nc(C)c(Br)c1COc1ccc(N)cc1C(=O)O. The second-order valence-electron chi connectivity index (χ2n) is 4.51. The highest BCUT2D eigenvalue weighted by Gasteiger charge is 2.16. The molecule has 0 saturated carbocycles. The quantitative estimate of drug-likeness (QED) is 0.806. The number of halogens is 1. The summed E-state index contributed by atoms with van der Waals surface area (Å²) in [6.45, 7) is 4.80. The van der Waals surface area contributed by atoms with Gasteiger partial charge in [-0.25, -0.2) is 4.79 Å². The van der Waals surface area contributed by atoms with Crippen molar-refractivity contribution in [3.05, 3.63) is 39.6 Å². The van der Waals surface area contributed by atoms with Gasteiger partial charge in [-0.15, -0.1) is 0 Å². The molecule has 2 aromatic rings. The van der Waals surface area contributed by atoms with Crippen LogP contribution in [0.4, 0.5) is 5.69 Å². The van der Waals surface area contributed by atoms with Crippen LogP contribution in [0, 0.1) is 6.92 Å². The van der Waals surface area contributed by atoms with Crippen molar-refractivity contribution in [1.29, 1.82) is 0 Å². The molecule has 1 aromatic heterocycles. The molecule has 1 heterocycles. The number of aryl methyl sites for hydroxylation is 2. The zero-order valence-corrected chi connectivity index (χ0v) is 13.3. The van der Waals surface area contributed by atoms with Crippen molar-refractivity contribution in [2.75, 3.05) is 5.73 Å². The van der Waals surface area contributed by atoms with Crippen LogP contribution in [0.2, 0.25) is 0 Å². The molecule has 0 atom stereocenters. The van der Waals surface area contributed by atoms with Crippen LogP contribution < -0.4 is 10.5 Å². The second kappa shape index (κ2) is 6.17. The summed E-state index contributed by atoms with van der Waals surface area (Å²) in [6, 6.07) is 4.56. The molecule has 0 unspecified atom stereocenters. The summed E-state index contributed by atoms with van der Waals surface area (Å²) in [6.07, 6.45) is 0. The highest BCUT2D eigenvalue weighted by Crippen LogP contribution is 2.26. The van der Waals surface area contributed by atoms with Crippen LogP contribution >= 0.6 is 15.9 Å². The van der Waals surface area contributed by atoms with Crippen LogP contribution in [-0.4, -0.2) is 20.9 Å². The van der Waals surface area contributed by atoms with Gasteiger partial charge in [0.1, 0.15) is 17.9 Å². The third-order valence-corrected chi connectivity index (χ3v) is 4.08. The predicted molar refractivity (Wildman–Crippen MR) is 82.5 cm³/mol. The van der Waals surface area contributed by atoms with Gasteiger partial charge in [-0.05, 0) is 48.0 Å². The molecule has 0 radical (unpaired) electrons. The van der Waals surface area contributed by atoms with Gasteiger partial charge in [0.05, 0.1) is 15.9 Å². The number of aromatic carboxylic acids is 1. The number of aromatic nitrogens is 2. The monoisotopic (exact) mass is 353 g/mol. The molecule has 21 heavy (non-hydrogen) atoms. The first kappa shape index (κ1) is 15.4. The Bertz CT molecular complexity index is 682. The van der Waals surface area contributed by atoms with E-state index in [1.807, 2.05) is 18.5 Å². The minimum absolute atomic E-state index is 0.0467. The van der Waals surface area contributed by atoms with Gasteiger partial charge in [-0.1, -0.05) is 0 Å². The number of nitrogen functional groups attached to an aromatic ring is 1. The zero-order chi connectivity index (χ0) is 15.6. The van der Waals surface area contributed by atoms with Crippen LogP contribution in [0.3, 0.4) is 0 Å². The Labute approximate surface area is 130 Å². The van der Waals surface area contributed by atoms with E-state index in [0.29, 0.717) is 12.2 Å². The highest BCUT2D eigenvalue weighted by molar-refractivity contribution is 9.10. The maximum atomic E-state index is 11.2. The number of hydrogen-bond acceptors (Lipinski definition) is 4. The lowest BCUT2D eigenvalue weighted by atomic mass is 10.2. The van der Waals surface area contributed by atoms with E-state index in [4.69, 9.17) is 10.5 Å². The molecule has 0 aliphatic heterocycles. The van der Waals surface area contributed by atoms with Crippen molar-refractivity contribution in [2.24, 2.45) is 0 Å². The fourth-order valence-electron chi connectivity index (χ4n) is 1.99. The standard InChI is InChI=1S/C14H16BrN3O3/c1-3-18-11(13(15)8(2)17-18)7-21-12-5-4-9(16)6-10(12)14(19)20/h4-6H,3,7,16H2,1-2H3,(H,19,20). The van der Waals surface area contributed by atoms with E-state index in [0.717, 1.165) is 15.9 Å². The number of anilines is 1. The lowest BCUT2D eigenvalue weighted by molar-refractivity contribution is 0.0691. The topological polar surface area (TPSA) is 90.4 Å². The zero-order valence-electron chi connectivity index (χ0n) is 11.8. The Kier molecular flexibility index (Phi) is 4.52. The third kappa shape index (κ3) is 3.18. The van der Waals surface area contributed by atoms with Crippen molar-refractivity contribution in [2.45, 2.75) is 27.0 Å². The van der Waals surface area contributed by atoms with Gasteiger partial charge < -0.3 is 15.6 Å². The fourth-order valence-corrected chi connectivity index (χ4v) is 2.39. The molecule has 0 fully saturated rings. The summed E-state index contributed by atoms with van der Waals surface area (Å²) in [5.41, 5.74) is 7.77. The maximum Gasteiger partial charge on any atom is 0.339 e. The normalized spacial score (nSPS) is 10.6. The smallest absolute Gasteiger partial charge is 0.339 e. The predicted octanol–water partition coefficient (Wildman–Crippen LogP) is 2.83. The third-order valence-electron chi connectivity index (χ3n) is 3.05. The lowest BCUT2D eigenvalue weighted by Crippen LogP contribution is -2.09. The summed E-state index contributed by atoms with van der Waals surface area (Å²) in [5, 5.41) is 13.6. The molecule has 0 saturated heterocycles.